The number of benzene rings is 1. The van der Waals surface area contributed by atoms with Gasteiger partial charge in [0.05, 0.1) is 5.56 Å². The highest BCUT2D eigenvalue weighted by Crippen LogP contribution is 2.39. The quantitative estimate of drug-likeness (QED) is 0.837. The van der Waals surface area contributed by atoms with E-state index in [2.05, 4.69) is 0 Å². The first kappa shape index (κ1) is 15.3. The summed E-state index contributed by atoms with van der Waals surface area (Å²) in [6, 6.07) is 4.06. The SMILES string of the molecule is O=C(CC1CCCOC1)N1CCc2c1cccc2C(F)(F)F. The molecule has 0 aromatic heterocycles. The summed E-state index contributed by atoms with van der Waals surface area (Å²) in [5.74, 6) is 0.0738. The summed E-state index contributed by atoms with van der Waals surface area (Å²) in [7, 11) is 0. The lowest BCUT2D eigenvalue weighted by Gasteiger charge is -2.24. The van der Waals surface area contributed by atoms with Gasteiger partial charge in [0, 0.05) is 31.9 Å². The average molecular weight is 313 g/mol. The second-order valence-electron chi connectivity index (χ2n) is 5.88. The van der Waals surface area contributed by atoms with Crippen molar-refractivity contribution in [1.29, 1.82) is 0 Å². The molecule has 0 aliphatic carbocycles. The van der Waals surface area contributed by atoms with Gasteiger partial charge in [0.1, 0.15) is 0 Å². The molecule has 0 radical (unpaired) electrons. The average Bonchev–Trinajstić information content (AvgIpc) is 2.91. The molecule has 3 nitrogen and oxygen atoms in total. The maximum atomic E-state index is 13.0. The van der Waals surface area contributed by atoms with Crippen molar-refractivity contribution in [2.24, 2.45) is 5.92 Å². The van der Waals surface area contributed by atoms with Crippen LogP contribution in [0.25, 0.3) is 0 Å². The first-order chi connectivity index (χ1) is 10.5. The molecular formula is C16H18F3NO2. The van der Waals surface area contributed by atoms with Crippen LogP contribution in [0.15, 0.2) is 18.2 Å². The molecule has 0 saturated carbocycles. The normalized spacial score (nSPS) is 21.8. The highest BCUT2D eigenvalue weighted by atomic mass is 19.4. The van der Waals surface area contributed by atoms with E-state index >= 15 is 0 Å². The van der Waals surface area contributed by atoms with Gasteiger partial charge in [0.15, 0.2) is 0 Å². The number of hydrogen-bond donors (Lipinski definition) is 0. The van der Waals surface area contributed by atoms with Gasteiger partial charge in [-0.15, -0.1) is 0 Å². The van der Waals surface area contributed by atoms with Gasteiger partial charge in [-0.25, -0.2) is 0 Å². The van der Waals surface area contributed by atoms with Crippen molar-refractivity contribution in [3.8, 4) is 0 Å². The highest BCUT2D eigenvalue weighted by molar-refractivity contribution is 5.95. The Morgan fingerprint density at radius 2 is 2.18 bits per heavy atom. The summed E-state index contributed by atoms with van der Waals surface area (Å²) in [6.07, 6.45) is -1.89. The Labute approximate surface area is 127 Å². The Bertz CT molecular complexity index is 565. The maximum Gasteiger partial charge on any atom is 0.416 e. The topological polar surface area (TPSA) is 29.5 Å². The van der Waals surface area contributed by atoms with Crippen LogP contribution in [0, 0.1) is 5.92 Å². The van der Waals surface area contributed by atoms with Crippen LogP contribution in [-0.2, 0) is 22.1 Å². The minimum Gasteiger partial charge on any atom is -0.381 e. The number of fused-ring (bicyclic) bond motifs is 1. The number of carbonyl (C=O) groups is 1. The number of anilines is 1. The lowest BCUT2D eigenvalue weighted by molar-refractivity contribution is -0.138. The van der Waals surface area contributed by atoms with E-state index in [0.717, 1.165) is 25.5 Å². The second kappa shape index (κ2) is 5.91. The minimum absolute atomic E-state index is 0.103. The van der Waals surface area contributed by atoms with Crippen molar-refractivity contribution in [1.82, 2.24) is 0 Å². The molecule has 120 valence electrons. The number of ether oxygens (including phenoxy) is 1. The fourth-order valence-electron chi connectivity index (χ4n) is 3.28. The van der Waals surface area contributed by atoms with E-state index < -0.39 is 11.7 Å². The number of nitrogens with zero attached hydrogens (tertiary/aromatic N) is 1. The molecule has 1 fully saturated rings. The number of amides is 1. The molecule has 1 aromatic carbocycles. The Hall–Kier alpha value is -1.56. The second-order valence-corrected chi connectivity index (χ2v) is 5.88. The summed E-state index contributed by atoms with van der Waals surface area (Å²) in [5.41, 5.74) is 0.0288. The van der Waals surface area contributed by atoms with Crippen molar-refractivity contribution >= 4 is 11.6 Å². The number of hydrogen-bond acceptors (Lipinski definition) is 2. The smallest absolute Gasteiger partial charge is 0.381 e. The van der Waals surface area contributed by atoms with Crippen molar-refractivity contribution in [2.45, 2.75) is 31.9 Å². The largest absolute Gasteiger partial charge is 0.416 e. The van der Waals surface area contributed by atoms with Gasteiger partial charge < -0.3 is 9.64 Å². The first-order valence-corrected chi connectivity index (χ1v) is 7.54. The van der Waals surface area contributed by atoms with Crippen LogP contribution < -0.4 is 4.90 Å². The van der Waals surface area contributed by atoms with Crippen LogP contribution in [0.4, 0.5) is 18.9 Å². The Kier molecular flexibility index (Phi) is 4.12. The van der Waals surface area contributed by atoms with Crippen LogP contribution in [0.3, 0.4) is 0 Å². The Morgan fingerprint density at radius 3 is 2.86 bits per heavy atom. The Balaban J connectivity index is 1.78. The summed E-state index contributed by atoms with van der Waals surface area (Å²) in [4.78, 5) is 13.9. The summed E-state index contributed by atoms with van der Waals surface area (Å²) in [5, 5.41) is 0. The van der Waals surface area contributed by atoms with E-state index in [1.54, 1.807) is 6.07 Å². The molecule has 22 heavy (non-hydrogen) atoms. The molecule has 2 aliphatic rings. The molecule has 3 rings (SSSR count). The third-order valence-electron chi connectivity index (χ3n) is 4.35. The molecule has 1 aromatic rings. The van der Waals surface area contributed by atoms with Gasteiger partial charge in [-0.05, 0) is 42.9 Å². The molecule has 6 heteroatoms. The van der Waals surface area contributed by atoms with Crippen molar-refractivity contribution < 1.29 is 22.7 Å². The molecule has 1 amide bonds. The van der Waals surface area contributed by atoms with E-state index in [0.29, 0.717) is 25.3 Å². The number of rotatable bonds is 2. The highest BCUT2D eigenvalue weighted by Gasteiger charge is 2.37. The van der Waals surface area contributed by atoms with Gasteiger partial charge in [-0.2, -0.15) is 13.2 Å². The summed E-state index contributed by atoms with van der Waals surface area (Å²) < 4.78 is 44.4. The fourth-order valence-corrected chi connectivity index (χ4v) is 3.28. The molecule has 0 spiro atoms. The van der Waals surface area contributed by atoms with Crippen LogP contribution in [-0.4, -0.2) is 25.7 Å². The van der Waals surface area contributed by atoms with E-state index in [9.17, 15) is 18.0 Å². The lowest BCUT2D eigenvalue weighted by atomic mass is 9.98. The molecule has 1 atom stereocenters. The van der Waals surface area contributed by atoms with Gasteiger partial charge in [-0.1, -0.05) is 6.07 Å². The van der Waals surface area contributed by atoms with Crippen LogP contribution >= 0.6 is 0 Å². The molecule has 0 bridgehead atoms. The zero-order valence-electron chi connectivity index (χ0n) is 12.2. The van der Waals surface area contributed by atoms with Gasteiger partial charge in [0.25, 0.3) is 0 Å². The van der Waals surface area contributed by atoms with Crippen molar-refractivity contribution in [2.75, 3.05) is 24.7 Å². The molecule has 2 heterocycles. The van der Waals surface area contributed by atoms with Gasteiger partial charge >= 0.3 is 6.18 Å². The molecular weight excluding hydrogens is 295 g/mol. The third-order valence-corrected chi connectivity index (χ3v) is 4.35. The van der Waals surface area contributed by atoms with E-state index in [1.165, 1.54) is 11.0 Å². The van der Waals surface area contributed by atoms with Gasteiger partial charge in [0.2, 0.25) is 5.91 Å². The fraction of sp³-hybridized carbons (Fsp3) is 0.562. The van der Waals surface area contributed by atoms with Crippen LogP contribution in [0.5, 0.6) is 0 Å². The van der Waals surface area contributed by atoms with Crippen molar-refractivity contribution in [3.63, 3.8) is 0 Å². The molecule has 1 saturated heterocycles. The van der Waals surface area contributed by atoms with E-state index in [1.807, 2.05) is 0 Å². The standard InChI is InChI=1S/C16H18F3NO2/c17-16(18,19)13-4-1-5-14-12(13)6-7-20(14)15(21)9-11-3-2-8-22-10-11/h1,4-5,11H,2-3,6-10H2. The van der Waals surface area contributed by atoms with Crippen LogP contribution in [0.1, 0.15) is 30.4 Å². The predicted octanol–water partition coefficient (Wildman–Crippen LogP) is 3.41. The van der Waals surface area contributed by atoms with Crippen molar-refractivity contribution in [3.05, 3.63) is 29.3 Å². The van der Waals surface area contributed by atoms with E-state index in [4.69, 9.17) is 4.74 Å². The zero-order valence-corrected chi connectivity index (χ0v) is 12.2. The molecule has 1 unspecified atom stereocenters. The van der Waals surface area contributed by atoms with Crippen LogP contribution in [0.2, 0.25) is 0 Å². The minimum atomic E-state index is -4.37. The number of halogens is 3. The van der Waals surface area contributed by atoms with E-state index in [-0.39, 0.29) is 23.8 Å². The Morgan fingerprint density at radius 1 is 1.36 bits per heavy atom. The summed E-state index contributed by atoms with van der Waals surface area (Å²) >= 11 is 0. The molecule has 2 aliphatic heterocycles. The maximum absolute atomic E-state index is 13.0. The summed E-state index contributed by atoms with van der Waals surface area (Å²) in [6.45, 7) is 1.62. The van der Waals surface area contributed by atoms with Gasteiger partial charge in [-0.3, -0.25) is 4.79 Å². The zero-order chi connectivity index (χ0) is 15.7. The third kappa shape index (κ3) is 2.97. The first-order valence-electron chi connectivity index (χ1n) is 7.54. The predicted molar refractivity (Wildman–Crippen MR) is 75.7 cm³/mol. The molecule has 0 N–H and O–H groups in total. The number of alkyl halides is 3. The lowest BCUT2D eigenvalue weighted by Crippen LogP contribution is -2.32. The monoisotopic (exact) mass is 313 g/mol. The number of carbonyl (C=O) groups excluding carboxylic acids is 1.